The molecule has 0 aromatic carbocycles. The van der Waals surface area contributed by atoms with E-state index in [1.807, 2.05) is 29.8 Å². The molecule has 0 aliphatic rings. The van der Waals surface area contributed by atoms with Crippen molar-refractivity contribution in [2.45, 2.75) is 6.92 Å². The fourth-order valence-corrected chi connectivity index (χ4v) is 3.53. The van der Waals surface area contributed by atoms with Crippen LogP contribution < -0.4 is 4.80 Å². The third-order valence-corrected chi connectivity index (χ3v) is 4.62. The van der Waals surface area contributed by atoms with Gasteiger partial charge in [-0.1, -0.05) is 12.1 Å². The number of thiazole rings is 1. The Bertz CT molecular complexity index is 850. The van der Waals surface area contributed by atoms with Crippen LogP contribution in [0.15, 0.2) is 62.2 Å². The van der Waals surface area contributed by atoms with Crippen molar-refractivity contribution in [2.24, 2.45) is 10.1 Å². The molecule has 0 radical (unpaired) electrons. The summed E-state index contributed by atoms with van der Waals surface area (Å²) in [6.07, 6.45) is 3.48. The van der Waals surface area contributed by atoms with Gasteiger partial charge in [0, 0.05) is 5.38 Å². The lowest BCUT2D eigenvalue weighted by Crippen LogP contribution is -2.12. The smallest absolute Gasteiger partial charge is 0.206 e. The largest absolute Gasteiger partial charge is 0.460 e. The summed E-state index contributed by atoms with van der Waals surface area (Å²) in [7, 11) is 0. The van der Waals surface area contributed by atoms with Crippen LogP contribution in [0.5, 0.6) is 0 Å². The predicted molar refractivity (Wildman–Crippen MR) is 92.7 cm³/mol. The third kappa shape index (κ3) is 3.18. The minimum absolute atomic E-state index is 0.569. The number of aromatic nitrogens is 1. The van der Waals surface area contributed by atoms with Gasteiger partial charge < -0.3 is 4.42 Å². The molecule has 4 nitrogen and oxygen atoms in total. The number of hydrogen-bond donors (Lipinski definition) is 0. The van der Waals surface area contributed by atoms with Crippen LogP contribution in [-0.4, -0.2) is 17.4 Å². The zero-order valence-corrected chi connectivity index (χ0v) is 13.7. The second-order valence-electron chi connectivity index (χ2n) is 4.51. The first kappa shape index (κ1) is 14.7. The average molecular weight is 329 g/mol. The molecule has 22 heavy (non-hydrogen) atoms. The van der Waals surface area contributed by atoms with Crippen LogP contribution in [0, 0.1) is 6.92 Å². The Morgan fingerprint density at radius 2 is 2.23 bits per heavy atom. The van der Waals surface area contributed by atoms with Crippen molar-refractivity contribution >= 4 is 28.9 Å². The van der Waals surface area contributed by atoms with Crippen LogP contribution in [0.2, 0.25) is 0 Å². The maximum absolute atomic E-state index is 5.53. The van der Waals surface area contributed by atoms with Gasteiger partial charge in [0.05, 0.1) is 23.3 Å². The van der Waals surface area contributed by atoms with Gasteiger partial charge >= 0.3 is 0 Å². The maximum Gasteiger partial charge on any atom is 0.206 e. The fourth-order valence-electron chi connectivity index (χ4n) is 1.89. The molecule has 0 atom stereocenters. The van der Waals surface area contributed by atoms with Crippen molar-refractivity contribution in [2.75, 3.05) is 6.54 Å². The van der Waals surface area contributed by atoms with Gasteiger partial charge in [-0.15, -0.1) is 29.3 Å². The summed E-state index contributed by atoms with van der Waals surface area (Å²) in [6, 6.07) is 7.93. The zero-order valence-electron chi connectivity index (χ0n) is 12.1. The molecule has 112 valence electrons. The Labute approximate surface area is 136 Å². The van der Waals surface area contributed by atoms with Crippen molar-refractivity contribution in [3.63, 3.8) is 0 Å². The molecule has 3 aromatic rings. The van der Waals surface area contributed by atoms with E-state index >= 15 is 0 Å². The monoisotopic (exact) mass is 329 g/mol. The summed E-state index contributed by atoms with van der Waals surface area (Å²) in [6.45, 7) is 6.19. The standard InChI is InChI=1S/C16H15N3OS2/c1-3-8-17-16-19(18-10-13-7-6-12(2)20-13)14(11-22-16)15-5-4-9-21-15/h3-7,9-11H,1,8H2,2H3. The van der Waals surface area contributed by atoms with Crippen LogP contribution in [0.25, 0.3) is 10.6 Å². The highest BCUT2D eigenvalue weighted by Gasteiger charge is 2.08. The van der Waals surface area contributed by atoms with E-state index in [0.717, 1.165) is 26.9 Å². The molecule has 3 rings (SSSR count). The summed E-state index contributed by atoms with van der Waals surface area (Å²) in [5, 5.41) is 8.67. The fraction of sp³-hybridized carbons (Fsp3) is 0.125. The second kappa shape index (κ2) is 6.72. The van der Waals surface area contributed by atoms with Crippen LogP contribution in [-0.2, 0) is 0 Å². The SMILES string of the molecule is C=CCN=c1scc(-c2cccs2)n1N=Cc1ccc(C)o1. The van der Waals surface area contributed by atoms with E-state index in [0.29, 0.717) is 6.54 Å². The van der Waals surface area contributed by atoms with E-state index in [9.17, 15) is 0 Å². The molecule has 0 aliphatic carbocycles. The van der Waals surface area contributed by atoms with E-state index in [-0.39, 0.29) is 0 Å². The molecule has 0 fully saturated rings. The number of furan rings is 1. The van der Waals surface area contributed by atoms with Crippen LogP contribution >= 0.6 is 22.7 Å². The van der Waals surface area contributed by atoms with Crippen molar-refractivity contribution in [1.29, 1.82) is 0 Å². The van der Waals surface area contributed by atoms with Crippen molar-refractivity contribution in [3.8, 4) is 10.6 Å². The molecule has 0 aliphatic heterocycles. The first-order chi connectivity index (χ1) is 10.8. The topological polar surface area (TPSA) is 42.8 Å². The summed E-state index contributed by atoms with van der Waals surface area (Å²) >= 11 is 3.25. The third-order valence-electron chi connectivity index (χ3n) is 2.88. The molecule has 0 bridgehead atoms. The Morgan fingerprint density at radius 3 is 2.91 bits per heavy atom. The Kier molecular flexibility index (Phi) is 4.50. The first-order valence-corrected chi connectivity index (χ1v) is 8.50. The number of aryl methyl sites for hydroxylation is 1. The molecular formula is C16H15N3OS2. The average Bonchev–Trinajstić information content (AvgIpc) is 3.23. The number of rotatable bonds is 5. The second-order valence-corrected chi connectivity index (χ2v) is 6.30. The molecule has 0 saturated carbocycles. The van der Waals surface area contributed by atoms with Gasteiger partial charge in [0.25, 0.3) is 0 Å². The quantitative estimate of drug-likeness (QED) is 0.512. The van der Waals surface area contributed by atoms with E-state index in [2.05, 4.69) is 33.5 Å². The van der Waals surface area contributed by atoms with E-state index in [1.165, 1.54) is 0 Å². The summed E-state index contributed by atoms with van der Waals surface area (Å²) in [5.41, 5.74) is 1.03. The molecule has 6 heteroatoms. The van der Waals surface area contributed by atoms with Crippen LogP contribution in [0.3, 0.4) is 0 Å². The van der Waals surface area contributed by atoms with Gasteiger partial charge in [0.2, 0.25) is 4.80 Å². The van der Waals surface area contributed by atoms with Gasteiger partial charge in [0.1, 0.15) is 11.5 Å². The lowest BCUT2D eigenvalue weighted by Gasteiger charge is -1.99. The Balaban J connectivity index is 2.04. The summed E-state index contributed by atoms with van der Waals surface area (Å²) in [5.74, 6) is 1.59. The Hall–Kier alpha value is -2.18. The molecule has 0 unspecified atom stereocenters. The molecule has 0 N–H and O–H groups in total. The molecule has 0 amide bonds. The first-order valence-electron chi connectivity index (χ1n) is 6.74. The predicted octanol–water partition coefficient (Wildman–Crippen LogP) is 4.15. The lowest BCUT2D eigenvalue weighted by atomic mass is 10.4. The summed E-state index contributed by atoms with van der Waals surface area (Å²) < 4.78 is 7.38. The zero-order chi connectivity index (χ0) is 15.4. The Morgan fingerprint density at radius 1 is 1.32 bits per heavy atom. The van der Waals surface area contributed by atoms with Gasteiger partial charge in [-0.25, -0.2) is 4.68 Å². The minimum atomic E-state index is 0.569. The molecule has 3 aromatic heterocycles. The highest BCUT2D eigenvalue weighted by Crippen LogP contribution is 2.25. The lowest BCUT2D eigenvalue weighted by molar-refractivity contribution is 0.527. The van der Waals surface area contributed by atoms with Crippen molar-refractivity contribution in [1.82, 2.24) is 4.68 Å². The maximum atomic E-state index is 5.53. The summed E-state index contributed by atoms with van der Waals surface area (Å²) in [4.78, 5) is 6.49. The highest BCUT2D eigenvalue weighted by molar-refractivity contribution is 7.14. The van der Waals surface area contributed by atoms with Gasteiger partial charge in [-0.2, -0.15) is 5.10 Å². The molecule has 0 spiro atoms. The normalized spacial score (nSPS) is 12.3. The van der Waals surface area contributed by atoms with Crippen molar-refractivity contribution in [3.05, 3.63) is 64.0 Å². The molecule has 0 saturated heterocycles. The van der Waals surface area contributed by atoms with E-state index in [1.54, 1.807) is 35.0 Å². The van der Waals surface area contributed by atoms with E-state index < -0.39 is 0 Å². The molecular weight excluding hydrogens is 314 g/mol. The van der Waals surface area contributed by atoms with Gasteiger partial charge in [-0.3, -0.25) is 4.99 Å². The minimum Gasteiger partial charge on any atom is -0.460 e. The number of thiophene rings is 1. The van der Waals surface area contributed by atoms with Gasteiger partial charge in [-0.05, 0) is 30.5 Å². The molecule has 3 heterocycles. The highest BCUT2D eigenvalue weighted by atomic mass is 32.1. The van der Waals surface area contributed by atoms with E-state index in [4.69, 9.17) is 4.42 Å². The number of hydrogen-bond acceptors (Lipinski definition) is 5. The van der Waals surface area contributed by atoms with Gasteiger partial charge in [0.15, 0.2) is 0 Å². The van der Waals surface area contributed by atoms with Crippen LogP contribution in [0.4, 0.5) is 0 Å². The van der Waals surface area contributed by atoms with Crippen LogP contribution in [0.1, 0.15) is 11.5 Å². The van der Waals surface area contributed by atoms with Crippen molar-refractivity contribution < 1.29 is 4.42 Å². The number of nitrogens with zero attached hydrogens (tertiary/aromatic N) is 3.